The van der Waals surface area contributed by atoms with Gasteiger partial charge in [0.2, 0.25) is 0 Å². The molecule has 1 atom stereocenters. The molecule has 0 fully saturated rings. The molecule has 3 nitrogen and oxygen atoms in total. The first-order valence-electron chi connectivity index (χ1n) is 5.10. The molecule has 0 amide bonds. The van der Waals surface area contributed by atoms with Crippen molar-refractivity contribution in [3.8, 4) is 0 Å². The van der Waals surface area contributed by atoms with Gasteiger partial charge in [0, 0.05) is 12.5 Å². The summed E-state index contributed by atoms with van der Waals surface area (Å²) in [5.41, 5.74) is 0.688. The minimum atomic E-state index is -0.257. The molecule has 4 heteroatoms. The number of likely N-dealkylation sites (N-methyl/N-ethyl adjacent to an activating group) is 1. The summed E-state index contributed by atoms with van der Waals surface area (Å²) in [6.07, 6.45) is 0. The molecule has 1 aromatic heterocycles. The van der Waals surface area contributed by atoms with Crippen LogP contribution in [0.5, 0.6) is 0 Å². The van der Waals surface area contributed by atoms with Crippen LogP contribution in [0.15, 0.2) is 28.7 Å². The van der Waals surface area contributed by atoms with Crippen molar-refractivity contribution in [1.29, 1.82) is 0 Å². The molecule has 0 aliphatic carbocycles. The molecule has 16 heavy (non-hydrogen) atoms. The van der Waals surface area contributed by atoms with E-state index < -0.39 is 0 Å². The van der Waals surface area contributed by atoms with E-state index in [4.69, 9.17) is 9.15 Å². The molecule has 86 valence electrons. The molecule has 1 unspecified atom stereocenters. The van der Waals surface area contributed by atoms with Crippen LogP contribution in [0, 0.1) is 5.82 Å². The van der Waals surface area contributed by atoms with Crippen LogP contribution in [0.4, 0.5) is 4.39 Å². The number of hydrogen-bond acceptors (Lipinski definition) is 3. The zero-order chi connectivity index (χ0) is 11.5. The van der Waals surface area contributed by atoms with E-state index in [1.54, 1.807) is 13.2 Å². The first-order valence-corrected chi connectivity index (χ1v) is 5.10. The van der Waals surface area contributed by atoms with Crippen LogP contribution in [0.3, 0.4) is 0 Å². The molecule has 0 aliphatic heterocycles. The minimum Gasteiger partial charge on any atom is -0.459 e. The predicted octanol–water partition coefficient (Wildman–Crippen LogP) is 2.48. The molecule has 0 saturated carbocycles. The number of furan rings is 1. The predicted molar refractivity (Wildman–Crippen MR) is 59.8 cm³/mol. The van der Waals surface area contributed by atoms with Crippen LogP contribution >= 0.6 is 0 Å². The van der Waals surface area contributed by atoms with Gasteiger partial charge in [-0.25, -0.2) is 4.39 Å². The van der Waals surface area contributed by atoms with Gasteiger partial charge in [-0.2, -0.15) is 0 Å². The topological polar surface area (TPSA) is 34.4 Å². The Morgan fingerprint density at radius 2 is 2.25 bits per heavy atom. The second-order valence-electron chi connectivity index (χ2n) is 3.63. The maximum absolute atomic E-state index is 13.0. The van der Waals surface area contributed by atoms with E-state index in [-0.39, 0.29) is 11.9 Å². The van der Waals surface area contributed by atoms with E-state index in [0.717, 1.165) is 11.1 Å². The lowest BCUT2D eigenvalue weighted by molar-refractivity contribution is 0.162. The normalized spacial score (nSPS) is 13.2. The summed E-state index contributed by atoms with van der Waals surface area (Å²) in [6.45, 7) is 0.513. The maximum Gasteiger partial charge on any atom is 0.134 e. The Hall–Kier alpha value is -1.39. The molecule has 0 radical (unpaired) electrons. The molecular formula is C12H14FNO2. The maximum atomic E-state index is 13.0. The van der Waals surface area contributed by atoms with Gasteiger partial charge in [-0.05, 0) is 31.3 Å². The molecule has 0 aliphatic rings. The lowest BCUT2D eigenvalue weighted by Crippen LogP contribution is -2.20. The average molecular weight is 223 g/mol. The fraction of sp³-hybridized carbons (Fsp3) is 0.333. The largest absolute Gasteiger partial charge is 0.459 e. The van der Waals surface area contributed by atoms with Gasteiger partial charge in [-0.15, -0.1) is 0 Å². The van der Waals surface area contributed by atoms with Crippen molar-refractivity contribution in [3.63, 3.8) is 0 Å². The second kappa shape index (κ2) is 4.63. The SMILES string of the molecule is CNC(COC)c1cc2cc(F)ccc2o1. The Bertz CT molecular complexity index is 481. The summed E-state index contributed by atoms with van der Waals surface area (Å²) >= 11 is 0. The number of nitrogens with one attached hydrogen (secondary N) is 1. The van der Waals surface area contributed by atoms with Crippen molar-refractivity contribution in [1.82, 2.24) is 5.32 Å². The van der Waals surface area contributed by atoms with Crippen molar-refractivity contribution in [2.75, 3.05) is 20.8 Å². The van der Waals surface area contributed by atoms with Crippen LogP contribution in [0.25, 0.3) is 11.0 Å². The quantitative estimate of drug-likeness (QED) is 0.864. The van der Waals surface area contributed by atoms with Crippen molar-refractivity contribution in [2.45, 2.75) is 6.04 Å². The summed E-state index contributed by atoms with van der Waals surface area (Å²) < 4.78 is 23.7. The number of ether oxygens (including phenoxy) is 1. The molecule has 0 saturated heterocycles. The third-order valence-corrected chi connectivity index (χ3v) is 2.52. The first-order chi connectivity index (χ1) is 7.74. The molecule has 0 bridgehead atoms. The molecule has 1 heterocycles. The molecular weight excluding hydrogens is 209 g/mol. The smallest absolute Gasteiger partial charge is 0.134 e. The van der Waals surface area contributed by atoms with E-state index in [1.807, 2.05) is 13.1 Å². The Morgan fingerprint density at radius 3 is 2.94 bits per heavy atom. The molecule has 2 aromatic rings. The van der Waals surface area contributed by atoms with Gasteiger partial charge in [-0.1, -0.05) is 0 Å². The van der Waals surface area contributed by atoms with Crippen LogP contribution in [0.1, 0.15) is 11.8 Å². The summed E-state index contributed by atoms with van der Waals surface area (Å²) in [4.78, 5) is 0. The summed E-state index contributed by atoms with van der Waals surface area (Å²) in [5.74, 6) is 0.498. The summed E-state index contributed by atoms with van der Waals surface area (Å²) in [6, 6.07) is 6.30. The third kappa shape index (κ3) is 2.08. The van der Waals surface area contributed by atoms with E-state index >= 15 is 0 Å². The van der Waals surface area contributed by atoms with Crippen LogP contribution in [-0.2, 0) is 4.74 Å². The van der Waals surface area contributed by atoms with E-state index in [2.05, 4.69) is 5.32 Å². The Balaban J connectivity index is 2.37. The van der Waals surface area contributed by atoms with Gasteiger partial charge in [-0.3, -0.25) is 0 Å². The Labute approximate surface area is 93.2 Å². The van der Waals surface area contributed by atoms with Gasteiger partial charge in [0.05, 0.1) is 12.6 Å². The number of halogens is 1. The summed E-state index contributed by atoms with van der Waals surface area (Å²) in [7, 11) is 3.46. The average Bonchev–Trinajstić information content (AvgIpc) is 2.68. The highest BCUT2D eigenvalue weighted by Crippen LogP contribution is 2.24. The standard InChI is InChI=1S/C12H14FNO2/c1-14-10(7-15-2)12-6-8-5-9(13)3-4-11(8)16-12/h3-6,10,14H,7H2,1-2H3. The second-order valence-corrected chi connectivity index (χ2v) is 3.63. The summed E-state index contributed by atoms with van der Waals surface area (Å²) in [5, 5.41) is 3.85. The Morgan fingerprint density at radius 1 is 1.44 bits per heavy atom. The number of hydrogen-bond donors (Lipinski definition) is 1. The minimum absolute atomic E-state index is 0.0135. The lowest BCUT2D eigenvalue weighted by Gasteiger charge is -2.11. The van der Waals surface area contributed by atoms with Gasteiger partial charge < -0.3 is 14.5 Å². The van der Waals surface area contributed by atoms with Crippen LogP contribution < -0.4 is 5.32 Å². The van der Waals surface area contributed by atoms with E-state index in [0.29, 0.717) is 12.2 Å². The fourth-order valence-corrected chi connectivity index (χ4v) is 1.68. The lowest BCUT2D eigenvalue weighted by atomic mass is 10.2. The monoisotopic (exact) mass is 223 g/mol. The van der Waals surface area contributed by atoms with Gasteiger partial charge in [0.1, 0.15) is 17.2 Å². The van der Waals surface area contributed by atoms with Crippen molar-refractivity contribution in [2.24, 2.45) is 0 Å². The zero-order valence-corrected chi connectivity index (χ0v) is 9.29. The third-order valence-electron chi connectivity index (χ3n) is 2.52. The highest BCUT2D eigenvalue weighted by atomic mass is 19.1. The Kier molecular flexibility index (Phi) is 3.22. The number of benzene rings is 1. The molecule has 2 rings (SSSR count). The molecule has 0 spiro atoms. The van der Waals surface area contributed by atoms with Crippen molar-refractivity contribution >= 4 is 11.0 Å². The van der Waals surface area contributed by atoms with Crippen molar-refractivity contribution < 1.29 is 13.5 Å². The van der Waals surface area contributed by atoms with Gasteiger partial charge in [0.15, 0.2) is 0 Å². The zero-order valence-electron chi connectivity index (χ0n) is 9.29. The van der Waals surface area contributed by atoms with Gasteiger partial charge >= 0.3 is 0 Å². The van der Waals surface area contributed by atoms with Crippen LogP contribution in [0.2, 0.25) is 0 Å². The number of rotatable bonds is 4. The highest BCUT2D eigenvalue weighted by Gasteiger charge is 2.14. The highest BCUT2D eigenvalue weighted by molar-refractivity contribution is 5.78. The molecule has 1 N–H and O–H groups in total. The van der Waals surface area contributed by atoms with Crippen LogP contribution in [-0.4, -0.2) is 20.8 Å². The number of methoxy groups -OCH3 is 1. The number of fused-ring (bicyclic) bond motifs is 1. The van der Waals surface area contributed by atoms with E-state index in [9.17, 15) is 4.39 Å². The first kappa shape index (κ1) is 11.1. The molecule has 1 aromatic carbocycles. The van der Waals surface area contributed by atoms with Gasteiger partial charge in [0.25, 0.3) is 0 Å². The van der Waals surface area contributed by atoms with E-state index in [1.165, 1.54) is 12.1 Å². The van der Waals surface area contributed by atoms with Crippen molar-refractivity contribution in [3.05, 3.63) is 35.8 Å². The fourth-order valence-electron chi connectivity index (χ4n) is 1.68.